The van der Waals surface area contributed by atoms with Crippen LogP contribution in [0.4, 0.5) is 0 Å². The molecule has 49 heavy (non-hydrogen) atoms. The Morgan fingerprint density at radius 1 is 0.755 bits per heavy atom. The topological polar surface area (TPSA) is 92.8 Å². The Labute approximate surface area is 288 Å². The van der Waals surface area contributed by atoms with Crippen molar-refractivity contribution < 1.29 is 23.3 Å². The van der Waals surface area contributed by atoms with Crippen LogP contribution >= 0.6 is 7.26 Å². The molecule has 5 aromatic rings. The molecule has 0 aliphatic carbocycles. The van der Waals surface area contributed by atoms with Crippen LogP contribution in [0.25, 0.3) is 0 Å². The molecule has 244 valence electrons. The van der Waals surface area contributed by atoms with Crippen molar-refractivity contribution in [3.8, 4) is 0 Å². The third kappa shape index (κ3) is 6.03. The Morgan fingerprint density at radius 2 is 1.18 bits per heavy atom. The van der Waals surface area contributed by atoms with E-state index in [4.69, 9.17) is 4.74 Å². The van der Waals surface area contributed by atoms with Crippen molar-refractivity contribution in [2.45, 2.75) is 17.5 Å². The molecule has 5 aromatic carbocycles. The van der Waals surface area contributed by atoms with Gasteiger partial charge in [-0.05, 0) is 47.5 Å². The van der Waals surface area contributed by atoms with Gasteiger partial charge in [0.1, 0.15) is 40.3 Å². The molecule has 2 amide bonds. The van der Waals surface area contributed by atoms with Crippen LogP contribution in [-0.2, 0) is 29.9 Å². The lowest BCUT2D eigenvalue weighted by Gasteiger charge is -2.49. The van der Waals surface area contributed by atoms with Crippen molar-refractivity contribution >= 4 is 52.3 Å². The van der Waals surface area contributed by atoms with Crippen molar-refractivity contribution in [2.75, 3.05) is 11.9 Å². The van der Waals surface area contributed by atoms with Crippen LogP contribution in [0.5, 0.6) is 0 Å². The average Bonchev–Trinajstić information content (AvgIpc) is 3.16. The van der Waals surface area contributed by atoms with E-state index in [1.807, 2.05) is 115 Å². The second kappa shape index (κ2) is 14.1. The number of hydrogen-bond acceptors (Lipinski definition) is 5. The summed E-state index contributed by atoms with van der Waals surface area (Å²) in [4.78, 5) is 41.2. The zero-order chi connectivity index (χ0) is 33.8. The van der Waals surface area contributed by atoms with Gasteiger partial charge in [0, 0.05) is 5.57 Å². The van der Waals surface area contributed by atoms with Gasteiger partial charge in [0.05, 0.1) is 22.7 Å². The van der Waals surface area contributed by atoms with Gasteiger partial charge in [-0.25, -0.2) is 4.79 Å². The first kappa shape index (κ1) is 32.4. The molecule has 7 rings (SSSR count). The number of nitrogens with one attached hydrogen (secondary N) is 1. The van der Waals surface area contributed by atoms with E-state index in [1.165, 1.54) is 4.90 Å². The van der Waals surface area contributed by atoms with Crippen molar-refractivity contribution in [3.05, 3.63) is 174 Å². The lowest BCUT2D eigenvalue weighted by molar-refractivity contribution is -0.154. The summed E-state index contributed by atoms with van der Waals surface area (Å²) in [5.41, 5.74) is 2.23. The number of rotatable bonds is 11. The molecule has 0 bridgehead atoms. The van der Waals surface area contributed by atoms with Crippen LogP contribution < -0.4 is 21.2 Å². The van der Waals surface area contributed by atoms with Gasteiger partial charge in [-0.1, -0.05) is 115 Å². The molecule has 0 spiro atoms. The van der Waals surface area contributed by atoms with Gasteiger partial charge in [-0.15, -0.1) is 0 Å². The number of β-lactam (4-membered cyclic amide) rings is 1. The standard InChI is InChI=1S/C40H33N2O5PS/c43-28-41-35-38(44)42-36(40(45)47-37(29-16-6-1-7-17-29)30-18-8-2-9-19-30)31(27-49(46)39(35)42)26-48(32-20-10-3-11-21-32,33-22-12-4-13-23-33)34-24-14-5-15-25-34/h1-25,28,35,37,39H,26-27H2/p+1/t35-,39-,49?/m1/s1. The summed E-state index contributed by atoms with van der Waals surface area (Å²) in [6.07, 6.45) is 0.0308. The highest BCUT2D eigenvalue weighted by atomic mass is 32.2. The predicted molar refractivity (Wildman–Crippen MR) is 194 cm³/mol. The Morgan fingerprint density at radius 3 is 1.61 bits per heavy atom. The Bertz CT molecular complexity index is 1880. The largest absolute Gasteiger partial charge is 0.448 e. The molecule has 2 aliphatic rings. The molecule has 2 aliphatic heterocycles. The van der Waals surface area contributed by atoms with Gasteiger partial charge >= 0.3 is 5.97 Å². The predicted octanol–water partition coefficient (Wildman–Crippen LogP) is 4.61. The number of nitrogens with zero attached hydrogens (tertiary/aromatic N) is 1. The Kier molecular flexibility index (Phi) is 9.34. The fourth-order valence-electron chi connectivity index (χ4n) is 6.86. The highest BCUT2D eigenvalue weighted by Crippen LogP contribution is 2.57. The number of benzene rings is 5. The molecule has 1 N–H and O–H groups in total. The summed E-state index contributed by atoms with van der Waals surface area (Å²) >= 11 is 0. The number of fused-ring (bicyclic) bond motifs is 1. The minimum atomic E-state index is -2.56. The molecule has 1 saturated heterocycles. The zero-order valence-corrected chi connectivity index (χ0v) is 28.2. The lowest BCUT2D eigenvalue weighted by Crippen LogP contribution is -2.73. The number of carbonyl (C=O) groups excluding carboxylic acids is 3. The van der Waals surface area contributed by atoms with Crippen molar-refractivity contribution in [2.24, 2.45) is 0 Å². The summed E-state index contributed by atoms with van der Waals surface area (Å²) in [5, 5.41) is 4.90. The Hall–Kier alpha value is -5.17. The van der Waals surface area contributed by atoms with Gasteiger partial charge in [-0.3, -0.25) is 18.7 Å². The van der Waals surface area contributed by atoms with Crippen molar-refractivity contribution in [1.82, 2.24) is 10.2 Å². The van der Waals surface area contributed by atoms with E-state index in [-0.39, 0.29) is 11.4 Å². The van der Waals surface area contributed by atoms with E-state index in [0.717, 1.165) is 27.0 Å². The second-order valence-electron chi connectivity index (χ2n) is 11.9. The highest BCUT2D eigenvalue weighted by Gasteiger charge is 2.59. The van der Waals surface area contributed by atoms with E-state index in [2.05, 4.69) is 41.7 Å². The van der Waals surface area contributed by atoms with Crippen molar-refractivity contribution in [3.63, 3.8) is 0 Å². The van der Waals surface area contributed by atoms with Crippen LogP contribution in [0.2, 0.25) is 0 Å². The van der Waals surface area contributed by atoms with E-state index in [1.54, 1.807) is 0 Å². The molecular weight excluding hydrogens is 651 g/mol. The SMILES string of the molecule is O=CN[C@@H]1C(=O)N2C(C(=O)OC(c3ccccc3)c3ccccc3)=C(C[P+](c3ccccc3)(c3ccccc3)c3ccccc3)CS(=O)[C@H]12. The summed E-state index contributed by atoms with van der Waals surface area (Å²) in [5.74, 6) is -1.13. The molecular formula is C40H34N2O5PS+. The molecule has 1 unspecified atom stereocenters. The third-order valence-corrected chi connectivity index (χ3v) is 15.1. The molecule has 9 heteroatoms. The number of ether oxygens (including phenoxy) is 1. The summed E-state index contributed by atoms with van der Waals surface area (Å²) in [6.45, 7) is 0. The molecule has 0 aromatic heterocycles. The summed E-state index contributed by atoms with van der Waals surface area (Å²) in [6, 6.07) is 48.5. The minimum Gasteiger partial charge on any atom is -0.448 e. The van der Waals surface area contributed by atoms with Crippen molar-refractivity contribution in [1.29, 1.82) is 0 Å². The number of carbonyl (C=O) groups is 3. The van der Waals surface area contributed by atoms with Gasteiger partial charge < -0.3 is 10.1 Å². The maximum atomic E-state index is 14.7. The summed E-state index contributed by atoms with van der Waals surface area (Å²) < 4.78 is 20.4. The van der Waals surface area contributed by atoms with Crippen LogP contribution in [0, 0.1) is 0 Å². The third-order valence-electron chi connectivity index (χ3n) is 9.09. The first-order valence-corrected chi connectivity index (χ1v) is 19.4. The molecule has 1 fully saturated rings. The van der Waals surface area contributed by atoms with E-state index in [9.17, 15) is 18.6 Å². The van der Waals surface area contributed by atoms with Gasteiger partial charge in [0.2, 0.25) is 6.41 Å². The van der Waals surface area contributed by atoms with E-state index >= 15 is 0 Å². The van der Waals surface area contributed by atoms with Crippen LogP contribution in [-0.4, -0.2) is 50.7 Å². The quantitative estimate of drug-likeness (QED) is 0.0950. The normalized spacial score (nSPS) is 18.8. The van der Waals surface area contributed by atoms with Gasteiger partial charge in [0.25, 0.3) is 5.91 Å². The number of hydrogen-bond donors (Lipinski definition) is 1. The smallest absolute Gasteiger partial charge is 0.356 e. The molecule has 0 saturated carbocycles. The maximum Gasteiger partial charge on any atom is 0.356 e. The Balaban J connectivity index is 1.42. The second-order valence-corrected chi connectivity index (χ2v) is 16.9. The minimum absolute atomic E-state index is 0.0471. The number of esters is 1. The molecule has 0 radical (unpaired) electrons. The average molecular weight is 686 g/mol. The maximum absolute atomic E-state index is 14.7. The molecule has 2 heterocycles. The first-order valence-electron chi connectivity index (χ1n) is 16.0. The van der Waals surface area contributed by atoms with E-state index in [0.29, 0.717) is 18.1 Å². The van der Waals surface area contributed by atoms with Crippen LogP contribution in [0.3, 0.4) is 0 Å². The fourth-order valence-corrected chi connectivity index (χ4v) is 13.0. The number of amides is 2. The van der Waals surface area contributed by atoms with Gasteiger partial charge in [-0.2, -0.15) is 0 Å². The monoisotopic (exact) mass is 685 g/mol. The first-order chi connectivity index (χ1) is 24.0. The molecule has 3 atom stereocenters. The van der Waals surface area contributed by atoms with Gasteiger partial charge in [0.15, 0.2) is 6.10 Å². The fraction of sp³-hybridized carbons (Fsp3) is 0.125. The van der Waals surface area contributed by atoms with E-state index < -0.39 is 47.5 Å². The van der Waals surface area contributed by atoms with Crippen LogP contribution in [0.1, 0.15) is 17.2 Å². The summed E-state index contributed by atoms with van der Waals surface area (Å²) in [7, 11) is -4.16. The highest BCUT2D eigenvalue weighted by molar-refractivity contribution is 7.96. The molecule has 7 nitrogen and oxygen atoms in total. The zero-order valence-electron chi connectivity index (χ0n) is 26.5. The van der Waals surface area contributed by atoms with Crippen LogP contribution in [0.15, 0.2) is 163 Å². The lowest BCUT2D eigenvalue weighted by atomic mass is 10.0.